The van der Waals surface area contributed by atoms with Crippen LogP contribution in [0.5, 0.6) is 0 Å². The van der Waals surface area contributed by atoms with E-state index >= 15 is 0 Å². The standard InChI is InChI=1S/C22H15BrN2OS.BrH/c23-18-13-11-16(12-14-18)20-15-27-22(25(20)19-9-5-2-6-10-19)24-21(26)17-7-3-1-4-8-17;/h1-15H;1H. The molecule has 0 aliphatic carbocycles. The number of nitrogens with zero attached hydrogens (tertiary/aromatic N) is 2. The maximum atomic E-state index is 12.6. The lowest BCUT2D eigenvalue weighted by molar-refractivity contribution is 0.0998. The van der Waals surface area contributed by atoms with Gasteiger partial charge in [0.2, 0.25) is 0 Å². The lowest BCUT2D eigenvalue weighted by Crippen LogP contribution is -2.16. The largest absolute Gasteiger partial charge is 0.285 e. The first-order valence-corrected chi connectivity index (χ1v) is 10.1. The molecule has 3 aromatic carbocycles. The van der Waals surface area contributed by atoms with Gasteiger partial charge >= 0.3 is 0 Å². The van der Waals surface area contributed by atoms with E-state index in [4.69, 9.17) is 0 Å². The van der Waals surface area contributed by atoms with Crippen LogP contribution in [-0.4, -0.2) is 10.5 Å². The van der Waals surface area contributed by atoms with E-state index in [1.807, 2.05) is 82.7 Å². The minimum absolute atomic E-state index is 0. The Kier molecular flexibility index (Phi) is 6.78. The first-order chi connectivity index (χ1) is 13.2. The highest BCUT2D eigenvalue weighted by atomic mass is 79.9. The molecular formula is C22H16Br2N2OS. The van der Waals surface area contributed by atoms with Crippen molar-refractivity contribution in [3.8, 4) is 16.9 Å². The van der Waals surface area contributed by atoms with Gasteiger partial charge in [0.25, 0.3) is 5.91 Å². The van der Waals surface area contributed by atoms with Gasteiger partial charge in [-0.25, -0.2) is 0 Å². The molecule has 0 atom stereocenters. The molecule has 1 heterocycles. The Hall–Kier alpha value is -2.28. The fraction of sp³-hybridized carbons (Fsp3) is 0. The monoisotopic (exact) mass is 514 g/mol. The molecule has 0 saturated heterocycles. The van der Waals surface area contributed by atoms with E-state index in [1.165, 1.54) is 11.3 Å². The van der Waals surface area contributed by atoms with Crippen molar-refractivity contribution in [2.75, 3.05) is 0 Å². The van der Waals surface area contributed by atoms with E-state index in [1.54, 1.807) is 12.1 Å². The van der Waals surface area contributed by atoms with Crippen LogP contribution in [0, 0.1) is 0 Å². The molecule has 4 aromatic rings. The number of halogens is 2. The summed E-state index contributed by atoms with van der Waals surface area (Å²) in [5.41, 5.74) is 3.61. The second kappa shape index (κ2) is 9.28. The first kappa shape index (κ1) is 20.5. The summed E-state index contributed by atoms with van der Waals surface area (Å²) in [7, 11) is 0. The Morgan fingerprint density at radius 2 is 1.46 bits per heavy atom. The average molecular weight is 516 g/mol. The number of carbonyl (C=O) groups excluding carboxylic acids is 1. The Bertz CT molecular complexity index is 1130. The fourth-order valence-electron chi connectivity index (χ4n) is 2.77. The Labute approximate surface area is 185 Å². The molecule has 0 unspecified atom stereocenters. The van der Waals surface area contributed by atoms with Gasteiger partial charge in [-0.15, -0.1) is 28.3 Å². The van der Waals surface area contributed by atoms with E-state index < -0.39 is 0 Å². The quantitative estimate of drug-likeness (QED) is 0.316. The molecule has 4 rings (SSSR count). The van der Waals surface area contributed by atoms with Crippen LogP contribution in [0.2, 0.25) is 0 Å². The van der Waals surface area contributed by atoms with Gasteiger partial charge in [-0.2, -0.15) is 4.99 Å². The van der Waals surface area contributed by atoms with Crippen LogP contribution in [0.3, 0.4) is 0 Å². The van der Waals surface area contributed by atoms with Crippen LogP contribution in [0.1, 0.15) is 10.4 Å². The molecule has 0 radical (unpaired) electrons. The topological polar surface area (TPSA) is 34.4 Å². The van der Waals surface area contributed by atoms with Gasteiger partial charge in [0.05, 0.1) is 5.69 Å². The average Bonchev–Trinajstić information content (AvgIpc) is 3.13. The molecule has 0 spiro atoms. The van der Waals surface area contributed by atoms with Gasteiger partial charge in [-0.3, -0.25) is 9.36 Å². The molecule has 140 valence electrons. The summed E-state index contributed by atoms with van der Waals surface area (Å²) in [6, 6.07) is 27.2. The summed E-state index contributed by atoms with van der Waals surface area (Å²) in [6.45, 7) is 0. The van der Waals surface area contributed by atoms with Crippen molar-refractivity contribution in [3.05, 3.63) is 105 Å². The van der Waals surface area contributed by atoms with E-state index in [9.17, 15) is 4.79 Å². The van der Waals surface area contributed by atoms with Gasteiger partial charge in [0, 0.05) is 21.1 Å². The SMILES string of the molecule is Br.O=C(N=c1scc(-c2ccc(Br)cc2)n1-c1ccccc1)c1ccccc1. The van der Waals surface area contributed by atoms with E-state index in [2.05, 4.69) is 20.9 Å². The number of carbonyl (C=O) groups is 1. The summed E-state index contributed by atoms with van der Waals surface area (Å²) in [4.78, 5) is 17.7. The summed E-state index contributed by atoms with van der Waals surface area (Å²) in [5, 5.41) is 2.04. The molecule has 1 amide bonds. The number of amides is 1. The summed E-state index contributed by atoms with van der Waals surface area (Å²) >= 11 is 4.93. The van der Waals surface area contributed by atoms with Crippen molar-refractivity contribution >= 4 is 50.2 Å². The number of hydrogen-bond donors (Lipinski definition) is 0. The smallest absolute Gasteiger partial charge is 0.279 e. The molecular weight excluding hydrogens is 500 g/mol. The van der Waals surface area contributed by atoms with Crippen molar-refractivity contribution in [1.82, 2.24) is 4.57 Å². The van der Waals surface area contributed by atoms with Crippen molar-refractivity contribution in [1.29, 1.82) is 0 Å². The highest BCUT2D eigenvalue weighted by Gasteiger charge is 2.12. The molecule has 6 heteroatoms. The van der Waals surface area contributed by atoms with Crippen LogP contribution >= 0.6 is 44.2 Å². The molecule has 1 aromatic heterocycles. The molecule has 0 aliphatic heterocycles. The zero-order chi connectivity index (χ0) is 18.6. The molecule has 28 heavy (non-hydrogen) atoms. The molecule has 0 bridgehead atoms. The number of benzene rings is 3. The zero-order valence-electron chi connectivity index (χ0n) is 14.7. The Morgan fingerprint density at radius 3 is 2.11 bits per heavy atom. The summed E-state index contributed by atoms with van der Waals surface area (Å²) in [5.74, 6) is -0.246. The van der Waals surface area contributed by atoms with Crippen molar-refractivity contribution in [2.24, 2.45) is 4.99 Å². The minimum Gasteiger partial charge on any atom is -0.285 e. The maximum absolute atomic E-state index is 12.6. The zero-order valence-corrected chi connectivity index (χ0v) is 18.8. The van der Waals surface area contributed by atoms with E-state index in [0.717, 1.165) is 21.4 Å². The van der Waals surface area contributed by atoms with Gasteiger partial charge < -0.3 is 0 Å². The predicted octanol–water partition coefficient (Wildman–Crippen LogP) is 6.29. The molecule has 0 fully saturated rings. The van der Waals surface area contributed by atoms with Crippen molar-refractivity contribution in [3.63, 3.8) is 0 Å². The molecule has 0 N–H and O–H groups in total. The van der Waals surface area contributed by atoms with Gasteiger partial charge in [0.1, 0.15) is 0 Å². The lowest BCUT2D eigenvalue weighted by Gasteiger charge is -2.09. The number of para-hydroxylation sites is 1. The highest BCUT2D eigenvalue weighted by molar-refractivity contribution is 9.10. The number of hydrogen-bond acceptors (Lipinski definition) is 2. The molecule has 0 aliphatic rings. The van der Waals surface area contributed by atoms with E-state index in [0.29, 0.717) is 10.4 Å². The second-order valence-electron chi connectivity index (χ2n) is 5.86. The van der Waals surface area contributed by atoms with Crippen molar-refractivity contribution < 1.29 is 4.79 Å². The van der Waals surface area contributed by atoms with Crippen LogP contribution < -0.4 is 4.80 Å². The van der Waals surface area contributed by atoms with E-state index in [-0.39, 0.29) is 22.9 Å². The molecule has 3 nitrogen and oxygen atoms in total. The first-order valence-electron chi connectivity index (χ1n) is 8.38. The minimum atomic E-state index is -0.246. The van der Waals surface area contributed by atoms with Crippen LogP contribution in [0.4, 0.5) is 0 Å². The summed E-state index contributed by atoms with van der Waals surface area (Å²) in [6.07, 6.45) is 0. The van der Waals surface area contributed by atoms with Crippen LogP contribution in [-0.2, 0) is 0 Å². The number of rotatable bonds is 3. The normalized spacial score (nSPS) is 11.1. The van der Waals surface area contributed by atoms with Crippen LogP contribution in [0.15, 0.2) is 99.8 Å². The van der Waals surface area contributed by atoms with Crippen molar-refractivity contribution in [2.45, 2.75) is 0 Å². The number of aromatic nitrogens is 1. The van der Waals surface area contributed by atoms with Crippen LogP contribution in [0.25, 0.3) is 16.9 Å². The van der Waals surface area contributed by atoms with Gasteiger partial charge in [-0.1, -0.05) is 64.5 Å². The van der Waals surface area contributed by atoms with Gasteiger partial charge in [0.15, 0.2) is 4.80 Å². The highest BCUT2D eigenvalue weighted by Crippen LogP contribution is 2.25. The molecule has 0 saturated carbocycles. The third-order valence-electron chi connectivity index (χ3n) is 4.08. The van der Waals surface area contributed by atoms with Gasteiger partial charge in [-0.05, 0) is 42.0 Å². The summed E-state index contributed by atoms with van der Waals surface area (Å²) < 4.78 is 3.05. The second-order valence-corrected chi connectivity index (χ2v) is 7.62. The third kappa shape index (κ3) is 4.41. The predicted molar refractivity (Wildman–Crippen MR) is 123 cm³/mol. The number of thiazole rings is 1. The Morgan fingerprint density at radius 1 is 0.857 bits per heavy atom. The Balaban J connectivity index is 0.00000225. The third-order valence-corrected chi connectivity index (χ3v) is 5.43. The fourth-order valence-corrected chi connectivity index (χ4v) is 3.94. The maximum Gasteiger partial charge on any atom is 0.279 e. The lowest BCUT2D eigenvalue weighted by atomic mass is 10.1.